The smallest absolute Gasteiger partial charge is 0.132 e. The van der Waals surface area contributed by atoms with Crippen molar-refractivity contribution in [2.24, 2.45) is 5.92 Å². The SMILES string of the molecule is CC1(C)Oc2ccc(NCc3cccc(F)c3)cc2C(OCCC2CCCCC2)C1OCc1ccc(F)cc1. The van der Waals surface area contributed by atoms with Crippen molar-refractivity contribution in [3.8, 4) is 5.75 Å². The first-order valence-corrected chi connectivity index (χ1v) is 14.2. The van der Waals surface area contributed by atoms with Gasteiger partial charge in [0, 0.05) is 24.4 Å². The van der Waals surface area contributed by atoms with Crippen LogP contribution in [-0.4, -0.2) is 18.3 Å². The lowest BCUT2D eigenvalue weighted by Gasteiger charge is -2.44. The van der Waals surface area contributed by atoms with Crippen LogP contribution in [0.5, 0.6) is 5.75 Å². The highest BCUT2D eigenvalue weighted by Gasteiger charge is 2.45. The van der Waals surface area contributed by atoms with E-state index in [4.69, 9.17) is 14.2 Å². The van der Waals surface area contributed by atoms with Crippen LogP contribution in [0.1, 0.15) is 75.2 Å². The lowest BCUT2D eigenvalue weighted by Crippen LogP contribution is -2.51. The third-order valence-corrected chi connectivity index (χ3v) is 7.93. The summed E-state index contributed by atoms with van der Waals surface area (Å²) in [6.07, 6.45) is 6.83. The zero-order chi connectivity index (χ0) is 27.2. The lowest BCUT2D eigenvalue weighted by atomic mass is 9.86. The zero-order valence-corrected chi connectivity index (χ0v) is 22.9. The molecule has 0 bridgehead atoms. The van der Waals surface area contributed by atoms with Gasteiger partial charge in [-0.3, -0.25) is 0 Å². The van der Waals surface area contributed by atoms with E-state index in [1.54, 1.807) is 18.2 Å². The molecule has 1 aliphatic carbocycles. The number of anilines is 1. The van der Waals surface area contributed by atoms with Gasteiger partial charge >= 0.3 is 0 Å². The molecule has 5 rings (SSSR count). The summed E-state index contributed by atoms with van der Waals surface area (Å²) < 4.78 is 46.7. The molecule has 4 nitrogen and oxygen atoms in total. The second-order valence-corrected chi connectivity index (χ2v) is 11.4. The van der Waals surface area contributed by atoms with Crippen LogP contribution in [0.15, 0.2) is 66.7 Å². The Bertz CT molecular complexity index is 1220. The molecule has 1 saturated carbocycles. The highest BCUT2D eigenvalue weighted by molar-refractivity contribution is 5.54. The van der Waals surface area contributed by atoms with Gasteiger partial charge in [0.15, 0.2) is 0 Å². The highest BCUT2D eigenvalue weighted by Crippen LogP contribution is 2.45. The molecule has 6 heteroatoms. The van der Waals surface area contributed by atoms with Gasteiger partial charge in [-0.05, 0) is 79.8 Å². The topological polar surface area (TPSA) is 39.7 Å². The molecule has 1 fully saturated rings. The molecule has 208 valence electrons. The van der Waals surface area contributed by atoms with Crippen LogP contribution in [-0.2, 0) is 22.6 Å². The Kier molecular flexibility index (Phi) is 8.83. The zero-order valence-electron chi connectivity index (χ0n) is 22.9. The third kappa shape index (κ3) is 7.17. The summed E-state index contributed by atoms with van der Waals surface area (Å²) in [4.78, 5) is 0. The number of halogens is 2. The molecule has 0 saturated heterocycles. The van der Waals surface area contributed by atoms with Crippen LogP contribution < -0.4 is 10.1 Å². The van der Waals surface area contributed by atoms with E-state index in [1.807, 2.05) is 32.0 Å². The van der Waals surface area contributed by atoms with E-state index in [2.05, 4.69) is 11.4 Å². The van der Waals surface area contributed by atoms with E-state index >= 15 is 0 Å². The van der Waals surface area contributed by atoms with Gasteiger partial charge < -0.3 is 19.5 Å². The first-order chi connectivity index (χ1) is 18.9. The van der Waals surface area contributed by atoms with E-state index in [0.29, 0.717) is 25.7 Å². The maximum atomic E-state index is 13.7. The van der Waals surface area contributed by atoms with Crippen molar-refractivity contribution in [2.45, 2.75) is 83.3 Å². The Morgan fingerprint density at radius 2 is 1.67 bits per heavy atom. The average Bonchev–Trinajstić information content (AvgIpc) is 2.93. The van der Waals surface area contributed by atoms with Gasteiger partial charge in [-0.25, -0.2) is 8.78 Å². The molecule has 0 radical (unpaired) electrons. The van der Waals surface area contributed by atoms with Crippen molar-refractivity contribution < 1.29 is 23.0 Å². The van der Waals surface area contributed by atoms with Gasteiger partial charge in [0.25, 0.3) is 0 Å². The molecule has 3 aromatic rings. The molecule has 2 unspecified atom stereocenters. The Morgan fingerprint density at radius 1 is 0.872 bits per heavy atom. The van der Waals surface area contributed by atoms with Gasteiger partial charge in [-0.2, -0.15) is 0 Å². The molecule has 2 aliphatic rings. The number of ether oxygens (including phenoxy) is 3. The molecule has 0 amide bonds. The van der Waals surface area contributed by atoms with E-state index in [1.165, 1.54) is 56.4 Å². The number of hydrogen-bond donors (Lipinski definition) is 1. The summed E-state index contributed by atoms with van der Waals surface area (Å²) in [6.45, 7) is 5.54. The number of rotatable bonds is 10. The molecule has 1 heterocycles. The summed E-state index contributed by atoms with van der Waals surface area (Å²) in [5, 5.41) is 3.41. The van der Waals surface area contributed by atoms with Crippen molar-refractivity contribution in [2.75, 3.05) is 11.9 Å². The summed E-state index contributed by atoms with van der Waals surface area (Å²) in [6, 6.07) is 19.0. The summed E-state index contributed by atoms with van der Waals surface area (Å²) in [5.41, 5.74) is 2.96. The fourth-order valence-electron chi connectivity index (χ4n) is 5.76. The van der Waals surface area contributed by atoms with Crippen molar-refractivity contribution in [3.63, 3.8) is 0 Å². The Labute approximate surface area is 230 Å². The Hall–Kier alpha value is -2.96. The average molecular weight is 536 g/mol. The molecule has 39 heavy (non-hydrogen) atoms. The molecule has 0 spiro atoms. The standard InChI is InChI=1S/C33H39F2NO3/c1-33(2)32(38-22-24-11-13-26(34)14-12-24)31(37-18-17-23-7-4-3-5-8-23)29-20-28(15-16-30(29)39-33)36-21-25-9-6-10-27(35)19-25/h6,9-16,19-20,23,31-32,36H,3-5,7-8,17-18,21-22H2,1-2H3. The largest absolute Gasteiger partial charge is 0.485 e. The second-order valence-electron chi connectivity index (χ2n) is 11.4. The summed E-state index contributed by atoms with van der Waals surface area (Å²) in [7, 11) is 0. The van der Waals surface area contributed by atoms with Gasteiger partial charge in [-0.15, -0.1) is 0 Å². The lowest BCUT2D eigenvalue weighted by molar-refractivity contribution is -0.168. The van der Waals surface area contributed by atoms with E-state index in [-0.39, 0.29) is 23.8 Å². The molecule has 0 aromatic heterocycles. The summed E-state index contributed by atoms with van der Waals surface area (Å²) in [5.74, 6) is 0.976. The molecule has 3 aromatic carbocycles. The van der Waals surface area contributed by atoms with E-state index < -0.39 is 5.60 Å². The maximum absolute atomic E-state index is 13.7. The number of benzene rings is 3. The highest BCUT2D eigenvalue weighted by atomic mass is 19.1. The van der Waals surface area contributed by atoms with Crippen LogP contribution in [0.3, 0.4) is 0 Å². The molecular formula is C33H39F2NO3. The first-order valence-electron chi connectivity index (χ1n) is 14.2. The van der Waals surface area contributed by atoms with Crippen molar-refractivity contribution >= 4 is 5.69 Å². The van der Waals surface area contributed by atoms with Gasteiger partial charge in [0.05, 0.1) is 6.61 Å². The van der Waals surface area contributed by atoms with Crippen molar-refractivity contribution in [1.29, 1.82) is 0 Å². The quantitative estimate of drug-likeness (QED) is 0.283. The van der Waals surface area contributed by atoms with E-state index in [9.17, 15) is 8.78 Å². The van der Waals surface area contributed by atoms with Crippen LogP contribution in [0, 0.1) is 17.6 Å². The van der Waals surface area contributed by atoms with Crippen molar-refractivity contribution in [1.82, 2.24) is 0 Å². The second kappa shape index (κ2) is 12.5. The fourth-order valence-corrected chi connectivity index (χ4v) is 5.76. The molecular weight excluding hydrogens is 496 g/mol. The Morgan fingerprint density at radius 3 is 2.44 bits per heavy atom. The maximum Gasteiger partial charge on any atom is 0.132 e. The van der Waals surface area contributed by atoms with Gasteiger partial charge in [0.2, 0.25) is 0 Å². The minimum absolute atomic E-state index is 0.247. The monoisotopic (exact) mass is 535 g/mol. The molecule has 1 aliphatic heterocycles. The fraction of sp³-hybridized carbons (Fsp3) is 0.455. The van der Waals surface area contributed by atoms with Crippen LogP contribution in [0.4, 0.5) is 14.5 Å². The number of nitrogens with one attached hydrogen (secondary N) is 1. The first kappa shape index (κ1) is 27.6. The van der Waals surface area contributed by atoms with Crippen LogP contribution in [0.25, 0.3) is 0 Å². The van der Waals surface area contributed by atoms with Gasteiger partial charge in [-0.1, -0.05) is 56.4 Å². The van der Waals surface area contributed by atoms with E-state index in [0.717, 1.165) is 34.5 Å². The predicted octanol–water partition coefficient (Wildman–Crippen LogP) is 8.36. The van der Waals surface area contributed by atoms with Crippen LogP contribution >= 0.6 is 0 Å². The predicted molar refractivity (Wildman–Crippen MR) is 150 cm³/mol. The van der Waals surface area contributed by atoms with Gasteiger partial charge in [0.1, 0.15) is 35.2 Å². The Balaban J connectivity index is 1.36. The molecule has 2 atom stereocenters. The van der Waals surface area contributed by atoms with Crippen molar-refractivity contribution in [3.05, 3.63) is 95.1 Å². The summed E-state index contributed by atoms with van der Waals surface area (Å²) >= 11 is 0. The number of hydrogen-bond acceptors (Lipinski definition) is 4. The molecule has 1 N–H and O–H groups in total. The van der Waals surface area contributed by atoms with Crippen LogP contribution in [0.2, 0.25) is 0 Å². The number of fused-ring (bicyclic) bond motifs is 1. The normalized spacial score (nSPS) is 20.7. The minimum atomic E-state index is -0.640. The minimum Gasteiger partial charge on any atom is -0.485 e. The third-order valence-electron chi connectivity index (χ3n) is 7.93.